The van der Waals surface area contributed by atoms with Crippen molar-refractivity contribution in [2.75, 3.05) is 23.0 Å². The first-order valence-electron chi connectivity index (χ1n) is 14.0. The summed E-state index contributed by atoms with van der Waals surface area (Å²) in [6, 6.07) is 10.6. The molecule has 6 aromatic rings. The van der Waals surface area contributed by atoms with Crippen molar-refractivity contribution in [1.29, 1.82) is 0 Å². The van der Waals surface area contributed by atoms with Gasteiger partial charge in [0, 0.05) is 59.5 Å². The van der Waals surface area contributed by atoms with Crippen molar-refractivity contribution in [2.45, 2.75) is 26.2 Å². The van der Waals surface area contributed by atoms with Crippen LogP contribution in [0.25, 0.3) is 44.3 Å². The van der Waals surface area contributed by atoms with E-state index in [0.717, 1.165) is 16.5 Å². The first kappa shape index (κ1) is 29.2. The van der Waals surface area contributed by atoms with Crippen LogP contribution in [0.15, 0.2) is 72.2 Å². The summed E-state index contributed by atoms with van der Waals surface area (Å²) >= 11 is 0. The van der Waals surface area contributed by atoms with Gasteiger partial charge in [0.05, 0.1) is 28.7 Å². The molecule has 0 aliphatic heterocycles. The molecular formula is C32H29FN10O2. The van der Waals surface area contributed by atoms with Crippen molar-refractivity contribution in [2.24, 2.45) is 7.05 Å². The lowest BCUT2D eigenvalue weighted by Gasteiger charge is -2.19. The highest BCUT2D eigenvalue weighted by atomic mass is 19.1. The summed E-state index contributed by atoms with van der Waals surface area (Å²) < 4.78 is 16.4. The number of hydrogen-bond acceptors (Lipinski definition) is 9. The number of benzene rings is 2. The van der Waals surface area contributed by atoms with Gasteiger partial charge >= 0.3 is 6.03 Å². The van der Waals surface area contributed by atoms with Gasteiger partial charge in [-0.2, -0.15) is 4.98 Å². The average molecular weight is 605 g/mol. The highest BCUT2D eigenvalue weighted by Gasteiger charge is 2.21. The second-order valence-corrected chi connectivity index (χ2v) is 11.4. The third-order valence-corrected chi connectivity index (χ3v) is 7.17. The molecule has 4 aromatic heterocycles. The van der Waals surface area contributed by atoms with E-state index in [9.17, 15) is 9.59 Å². The van der Waals surface area contributed by atoms with Crippen molar-refractivity contribution in [1.82, 2.24) is 34.5 Å². The van der Waals surface area contributed by atoms with Gasteiger partial charge in [0.15, 0.2) is 0 Å². The molecule has 0 atom stereocenters. The zero-order valence-corrected chi connectivity index (χ0v) is 25.2. The number of rotatable bonds is 5. The minimum atomic E-state index is -0.626. The molecular weight excluding hydrogens is 575 g/mol. The van der Waals surface area contributed by atoms with Gasteiger partial charge in [-0.05, 0) is 36.4 Å². The second kappa shape index (κ2) is 11.3. The van der Waals surface area contributed by atoms with E-state index in [1.54, 1.807) is 32.7 Å². The number of aryl methyl sites for hydroxylation is 1. The number of pyridine rings is 1. The summed E-state index contributed by atoms with van der Waals surface area (Å²) in [5.41, 5.74) is 2.37. The number of fused-ring (bicyclic) bond motifs is 2. The zero-order chi connectivity index (χ0) is 31.9. The quantitative estimate of drug-likeness (QED) is 0.231. The average Bonchev–Trinajstić information content (AvgIpc) is 3.03. The fraction of sp³-hybridized carbons (Fsp3) is 0.188. The Morgan fingerprint density at radius 3 is 2.49 bits per heavy atom. The number of aromatic nitrogens is 7. The van der Waals surface area contributed by atoms with Crippen molar-refractivity contribution in [3.05, 3.63) is 89.4 Å². The Labute approximate surface area is 256 Å². The number of carbonyl (C=O) groups excluding carboxylic acids is 1. The Balaban J connectivity index is 1.33. The van der Waals surface area contributed by atoms with Crippen molar-refractivity contribution in [3.63, 3.8) is 0 Å². The summed E-state index contributed by atoms with van der Waals surface area (Å²) in [6.07, 6.45) is 6.30. The van der Waals surface area contributed by atoms with Gasteiger partial charge in [-0.3, -0.25) is 9.36 Å². The molecule has 226 valence electrons. The van der Waals surface area contributed by atoms with Crippen LogP contribution in [-0.4, -0.2) is 47.5 Å². The normalized spacial score (nSPS) is 11.5. The predicted molar refractivity (Wildman–Crippen MR) is 172 cm³/mol. The molecule has 13 heteroatoms. The second-order valence-electron chi connectivity index (χ2n) is 11.4. The molecule has 4 heterocycles. The molecule has 45 heavy (non-hydrogen) atoms. The summed E-state index contributed by atoms with van der Waals surface area (Å²) in [6.45, 7) is 6.01. The summed E-state index contributed by atoms with van der Waals surface area (Å²) in [4.78, 5) is 52.8. The molecule has 0 spiro atoms. The molecule has 0 aliphatic carbocycles. The van der Waals surface area contributed by atoms with Crippen LogP contribution in [-0.2, 0) is 12.5 Å². The molecule has 6 rings (SSSR count). The predicted octanol–water partition coefficient (Wildman–Crippen LogP) is 5.52. The van der Waals surface area contributed by atoms with E-state index in [4.69, 9.17) is 4.98 Å². The van der Waals surface area contributed by atoms with Crippen LogP contribution in [0, 0.1) is 5.82 Å². The van der Waals surface area contributed by atoms with Gasteiger partial charge in [-0.15, -0.1) is 0 Å². The van der Waals surface area contributed by atoms with Crippen LogP contribution in [0.1, 0.15) is 26.6 Å². The number of carbonyl (C=O) groups is 1. The Hall–Kier alpha value is -5.85. The monoisotopic (exact) mass is 604 g/mol. The Bertz CT molecular complexity index is 2180. The first-order valence-corrected chi connectivity index (χ1v) is 14.0. The Kier molecular flexibility index (Phi) is 7.36. The molecule has 0 bridgehead atoms. The molecule has 0 fully saturated rings. The van der Waals surface area contributed by atoms with Crippen LogP contribution in [0.5, 0.6) is 0 Å². The number of nitrogens with one attached hydrogen (secondary N) is 3. The number of urea groups is 1. The molecule has 0 saturated carbocycles. The smallest absolute Gasteiger partial charge is 0.323 e. The number of halogens is 1. The third-order valence-electron chi connectivity index (χ3n) is 7.17. The van der Waals surface area contributed by atoms with Gasteiger partial charge in [0.25, 0.3) is 5.56 Å². The highest BCUT2D eigenvalue weighted by Crippen LogP contribution is 2.31. The summed E-state index contributed by atoms with van der Waals surface area (Å²) in [7, 11) is 3.23. The fourth-order valence-corrected chi connectivity index (χ4v) is 4.84. The Morgan fingerprint density at radius 2 is 1.71 bits per heavy atom. The van der Waals surface area contributed by atoms with Gasteiger partial charge in [-0.25, -0.2) is 34.1 Å². The number of anilines is 3. The van der Waals surface area contributed by atoms with Crippen LogP contribution >= 0.6 is 0 Å². The molecule has 2 amide bonds. The maximum Gasteiger partial charge on any atom is 0.323 e. The van der Waals surface area contributed by atoms with Crippen molar-refractivity contribution >= 4 is 45.3 Å². The van der Waals surface area contributed by atoms with E-state index in [1.165, 1.54) is 35.2 Å². The van der Waals surface area contributed by atoms with E-state index in [1.807, 2.05) is 39.0 Å². The van der Waals surface area contributed by atoms with E-state index in [-0.39, 0.29) is 22.2 Å². The largest absolute Gasteiger partial charge is 0.357 e. The standard InChI is InChI=1S/C32H29FN10O2/c1-32(2,3)29-36-15-25(26(41-29)17-6-9-24-18(10-17)13-35-16-38-24)40-31(45)39-20-7-8-23(33)21(12-20)22-11-19-14-37-30(34-4)42-27(19)43(5)28(22)44/h6-16H,1-5H3,(H,34,37,42)(H2,39,40,45). The van der Waals surface area contributed by atoms with Crippen molar-refractivity contribution in [3.8, 4) is 22.4 Å². The van der Waals surface area contributed by atoms with E-state index in [2.05, 4.69) is 40.9 Å². The SMILES string of the molecule is CNc1ncc2cc(-c3cc(NC(=O)Nc4cnc(C(C)(C)C)nc4-c4ccc5ncncc5c4)ccc3F)c(=O)n(C)c2n1. The molecule has 0 aliphatic rings. The number of nitrogens with zero attached hydrogens (tertiary/aromatic N) is 7. The van der Waals surface area contributed by atoms with E-state index in [0.29, 0.717) is 34.2 Å². The van der Waals surface area contributed by atoms with Crippen molar-refractivity contribution < 1.29 is 9.18 Å². The minimum absolute atomic E-state index is 0.0185. The van der Waals surface area contributed by atoms with E-state index >= 15 is 4.39 Å². The lowest BCUT2D eigenvalue weighted by atomic mass is 9.95. The highest BCUT2D eigenvalue weighted by molar-refractivity contribution is 6.02. The molecule has 0 saturated heterocycles. The maximum absolute atomic E-state index is 15.1. The third kappa shape index (κ3) is 5.75. The topological polar surface area (TPSA) is 152 Å². The van der Waals surface area contributed by atoms with Crippen LogP contribution in [0.4, 0.5) is 26.5 Å². The van der Waals surface area contributed by atoms with Gasteiger partial charge in [0.1, 0.15) is 23.6 Å². The minimum Gasteiger partial charge on any atom is -0.357 e. The fourth-order valence-electron chi connectivity index (χ4n) is 4.84. The molecule has 12 nitrogen and oxygen atoms in total. The number of amides is 2. The molecule has 3 N–H and O–H groups in total. The first-order chi connectivity index (χ1) is 21.5. The van der Waals surface area contributed by atoms with E-state index < -0.39 is 17.4 Å². The molecule has 0 unspecified atom stereocenters. The van der Waals surface area contributed by atoms with Crippen LogP contribution < -0.4 is 21.5 Å². The zero-order valence-electron chi connectivity index (χ0n) is 25.2. The molecule has 0 radical (unpaired) electrons. The van der Waals surface area contributed by atoms with Crippen LogP contribution in [0.3, 0.4) is 0 Å². The summed E-state index contributed by atoms with van der Waals surface area (Å²) in [5, 5.41) is 9.76. The van der Waals surface area contributed by atoms with Gasteiger partial charge in [-0.1, -0.05) is 26.8 Å². The number of hydrogen-bond donors (Lipinski definition) is 3. The van der Waals surface area contributed by atoms with Gasteiger partial charge in [0.2, 0.25) is 5.95 Å². The van der Waals surface area contributed by atoms with Crippen LogP contribution in [0.2, 0.25) is 0 Å². The Morgan fingerprint density at radius 1 is 0.889 bits per heavy atom. The maximum atomic E-state index is 15.1. The van der Waals surface area contributed by atoms with Gasteiger partial charge < -0.3 is 16.0 Å². The molecule has 2 aromatic carbocycles. The lowest BCUT2D eigenvalue weighted by Crippen LogP contribution is -2.22. The summed E-state index contributed by atoms with van der Waals surface area (Å²) in [5.74, 6) is 0.323. The lowest BCUT2D eigenvalue weighted by molar-refractivity contribution is 0.262.